The Morgan fingerprint density at radius 3 is 2.09 bits per heavy atom. The summed E-state index contributed by atoms with van der Waals surface area (Å²) in [5.41, 5.74) is 5.35. The minimum atomic E-state index is -1.47. The molecule has 11 N–H and O–H groups in total. The number of rotatable bonds is 49. The number of alkyl halides is 1. The number of hydrogen-bond acceptors (Lipinski definition) is 24. The van der Waals surface area contributed by atoms with Gasteiger partial charge in [0, 0.05) is 127 Å². The molecule has 0 spiro atoms. The number of hydrogen-bond donors (Lipinski definition) is 10. The number of carboxylic acids is 2. The first-order chi connectivity index (χ1) is 53.4. The van der Waals surface area contributed by atoms with Crippen molar-refractivity contribution in [2.24, 2.45) is 17.7 Å². The van der Waals surface area contributed by atoms with E-state index in [9.17, 15) is 72.2 Å². The Balaban J connectivity index is 0.926. The van der Waals surface area contributed by atoms with Gasteiger partial charge in [0.25, 0.3) is 12.4 Å². The van der Waals surface area contributed by atoms with Crippen molar-refractivity contribution in [2.75, 3.05) is 112 Å². The summed E-state index contributed by atoms with van der Waals surface area (Å²) in [6, 6.07) is 8.75. The van der Waals surface area contributed by atoms with Crippen LogP contribution in [0.2, 0.25) is 0 Å². The van der Waals surface area contributed by atoms with Crippen LogP contribution in [0.4, 0.5) is 20.1 Å². The monoisotopic (exact) mass is 1590 g/mol. The highest BCUT2D eigenvalue weighted by molar-refractivity contribution is 6.19. The zero-order valence-electron chi connectivity index (χ0n) is 64.1. The lowest BCUT2D eigenvalue weighted by atomic mass is 9.87. The topological polar surface area (TPSA) is 490 Å². The number of ketones is 3. The van der Waals surface area contributed by atoms with Crippen molar-refractivity contribution < 1.29 is 120 Å². The highest BCUT2D eigenvalue weighted by atomic mass is 35.5. The van der Waals surface area contributed by atoms with Crippen LogP contribution in [0.15, 0.2) is 48.5 Å². The van der Waals surface area contributed by atoms with Crippen LogP contribution in [0.1, 0.15) is 133 Å². The van der Waals surface area contributed by atoms with Crippen molar-refractivity contribution in [3.63, 3.8) is 0 Å². The molecule has 6 rings (SSSR count). The number of aromatic amines is 2. The van der Waals surface area contributed by atoms with E-state index < -0.39 is 121 Å². The number of amides is 8. The van der Waals surface area contributed by atoms with Crippen LogP contribution in [0.3, 0.4) is 0 Å². The van der Waals surface area contributed by atoms with Gasteiger partial charge in [0.15, 0.2) is 23.5 Å². The minimum absolute atomic E-state index is 0.00222. The van der Waals surface area contributed by atoms with Crippen molar-refractivity contribution in [3.05, 3.63) is 87.7 Å². The fraction of sp³-hybridized carbons (Fsp3) is 0.520. The summed E-state index contributed by atoms with van der Waals surface area (Å²) in [4.78, 5) is 195. The van der Waals surface area contributed by atoms with E-state index in [0.29, 0.717) is 45.5 Å². The number of carboxylic acid groups (broad SMARTS) is 2. The molecule has 8 amide bonds. The lowest BCUT2D eigenvalue weighted by Gasteiger charge is -2.25. The molecule has 112 heavy (non-hydrogen) atoms. The molecular formula is C75H100ClN11O25. The predicted molar refractivity (Wildman–Crippen MR) is 402 cm³/mol. The maximum Gasteiger partial charge on any atom is 0.415 e. The molecule has 0 bridgehead atoms. The van der Waals surface area contributed by atoms with Gasteiger partial charge in [-0.2, -0.15) is 0 Å². The largest absolute Gasteiger partial charge is 0.494 e. The highest BCUT2D eigenvalue weighted by Gasteiger charge is 2.38. The van der Waals surface area contributed by atoms with Crippen LogP contribution in [0.5, 0.6) is 11.5 Å². The average molecular weight is 1590 g/mol. The maximum atomic E-state index is 14.6. The summed E-state index contributed by atoms with van der Waals surface area (Å²) in [5.74, 6) is -2.75. The van der Waals surface area contributed by atoms with Crippen molar-refractivity contribution in [1.82, 2.24) is 46.4 Å². The van der Waals surface area contributed by atoms with Crippen molar-refractivity contribution in [2.45, 2.75) is 136 Å². The number of fused-ring (bicyclic) bond motifs is 4. The first-order valence-corrected chi connectivity index (χ1v) is 36.7. The molecule has 0 fully saturated rings. The second-order valence-corrected chi connectivity index (χ2v) is 27.3. The molecule has 1 unspecified atom stereocenters. The number of methoxy groups -OCH3 is 3. The number of carbonyl (C=O) groups is 14. The third-order valence-electron chi connectivity index (χ3n) is 18.6. The van der Waals surface area contributed by atoms with E-state index in [1.54, 1.807) is 68.3 Å². The first-order valence-electron chi connectivity index (χ1n) is 36.2. The van der Waals surface area contributed by atoms with Crippen LogP contribution in [0.25, 0.3) is 21.8 Å². The molecule has 1 aliphatic rings. The smallest absolute Gasteiger partial charge is 0.415 e. The van der Waals surface area contributed by atoms with Crippen LogP contribution in [-0.4, -0.2) is 245 Å². The lowest BCUT2D eigenvalue weighted by molar-refractivity contribution is -0.141. The number of carbonyl (C=O) groups excluding carboxylic acids is 12. The molecule has 6 atom stereocenters. The number of H-pyrrole nitrogens is 2. The number of urea groups is 1. The summed E-state index contributed by atoms with van der Waals surface area (Å²) in [7, 11) is 5.73. The number of likely N-dealkylation sites (N-methyl/N-ethyl adjacent to an activating group) is 1. The van der Waals surface area contributed by atoms with Gasteiger partial charge in [-0.3, -0.25) is 48.0 Å². The fourth-order valence-electron chi connectivity index (χ4n) is 12.2. The lowest BCUT2D eigenvalue weighted by Crippen LogP contribution is -2.49. The molecule has 0 saturated carbocycles. The molecule has 612 valence electrons. The van der Waals surface area contributed by atoms with Gasteiger partial charge >= 0.3 is 36.1 Å². The molecular weight excluding hydrogens is 1490 g/mol. The van der Waals surface area contributed by atoms with Crippen molar-refractivity contribution in [1.29, 1.82) is 0 Å². The summed E-state index contributed by atoms with van der Waals surface area (Å²) in [6.45, 7) is 8.83. The van der Waals surface area contributed by atoms with Crippen molar-refractivity contribution in [3.8, 4) is 11.5 Å². The Labute approximate surface area is 650 Å². The normalized spacial score (nSPS) is 13.7. The SMILES string of the molecule is COCCN(CCN(C)C(=O)OCc1ccc(CC(=O)[C@H](C)NC(=O)[C@@H](CC(=O)C(CCC(=O)NCCOCCOCCCC(=O)CC[C@H](NC(=O)N[C@@H](CCC(=O)O)OC=O)C(=O)O)NC(=O)CON)C(C)C)cc1)C(=O)Oc1cc2c(c3cc(C(=O)OC)[nH]c13)[C@H](CCl)CN2C(=O)c1cc2cc(C)c(C)c(OC)c2[nH]1. The fourth-order valence-corrected chi connectivity index (χ4v) is 12.4. The van der Waals surface area contributed by atoms with Crippen LogP contribution in [0, 0.1) is 25.7 Å². The number of aromatic nitrogens is 2. The number of halogens is 1. The van der Waals surface area contributed by atoms with Gasteiger partial charge in [-0.25, -0.2) is 29.9 Å². The van der Waals surface area contributed by atoms with Gasteiger partial charge < -0.3 is 99.4 Å². The molecule has 5 aromatic rings. The second-order valence-electron chi connectivity index (χ2n) is 27.0. The van der Waals surface area contributed by atoms with E-state index in [4.69, 9.17) is 55.8 Å². The number of Topliss-reactive ketones (excluding diaryl/α,β-unsaturated/α-hetero) is 3. The summed E-state index contributed by atoms with van der Waals surface area (Å²) in [6.07, 6.45) is -4.54. The number of nitrogens with two attached hydrogens (primary N) is 1. The number of aryl methyl sites for hydroxylation is 1. The van der Waals surface area contributed by atoms with E-state index in [-0.39, 0.29) is 170 Å². The number of benzene rings is 3. The van der Waals surface area contributed by atoms with E-state index in [1.165, 1.54) is 38.0 Å². The molecule has 37 heteroatoms. The van der Waals surface area contributed by atoms with E-state index in [2.05, 4.69) is 46.1 Å². The molecule has 0 radical (unpaired) electrons. The number of anilines is 1. The van der Waals surface area contributed by atoms with E-state index >= 15 is 0 Å². The van der Waals surface area contributed by atoms with Gasteiger partial charge in [0.05, 0.1) is 75.9 Å². The Bertz CT molecular complexity index is 4150. The van der Waals surface area contributed by atoms with E-state index in [0.717, 1.165) is 16.5 Å². The van der Waals surface area contributed by atoms with Gasteiger partial charge in [0.2, 0.25) is 17.7 Å². The molecule has 36 nitrogen and oxygen atoms in total. The third kappa shape index (κ3) is 26.7. The predicted octanol–water partition coefficient (Wildman–Crippen LogP) is 5.16. The zero-order chi connectivity index (χ0) is 82.3. The third-order valence-corrected chi connectivity index (χ3v) is 19.0. The molecule has 1 aliphatic heterocycles. The van der Waals surface area contributed by atoms with Gasteiger partial charge in [0.1, 0.15) is 42.2 Å². The van der Waals surface area contributed by atoms with Crippen LogP contribution >= 0.6 is 11.6 Å². The molecule has 0 aliphatic carbocycles. The molecule has 2 aromatic heterocycles. The number of ether oxygens (including phenoxy) is 8. The van der Waals surface area contributed by atoms with Gasteiger partial charge in [-0.05, 0) is 92.0 Å². The first kappa shape index (κ1) is 90.1. The number of nitrogens with one attached hydrogen (secondary N) is 7. The minimum Gasteiger partial charge on any atom is -0.494 e. The summed E-state index contributed by atoms with van der Waals surface area (Å²) >= 11 is 6.60. The zero-order valence-corrected chi connectivity index (χ0v) is 64.8. The number of esters is 1. The Kier molecular flexibility index (Phi) is 36.1. The van der Waals surface area contributed by atoms with E-state index in [1.807, 2.05) is 19.9 Å². The second kappa shape index (κ2) is 44.9. The Hall–Kier alpha value is -10.8. The number of nitrogens with zero attached hydrogens (tertiary/aromatic N) is 3. The Morgan fingerprint density at radius 2 is 1.44 bits per heavy atom. The van der Waals surface area contributed by atoms with Crippen molar-refractivity contribution >= 4 is 123 Å². The maximum absolute atomic E-state index is 14.6. The van der Waals surface area contributed by atoms with Gasteiger partial charge in [-0.15, -0.1) is 11.6 Å². The molecule has 3 aromatic carbocycles. The molecule has 3 heterocycles. The summed E-state index contributed by atoms with van der Waals surface area (Å²) < 4.78 is 43.4. The number of aliphatic carboxylic acids is 2. The van der Waals surface area contributed by atoms with Crippen LogP contribution in [-0.2, 0) is 89.4 Å². The standard InChI is InChI=1S/C75H100ClN11O25/c1-42(2)51(35-59(91)53(80-62(93)40-111-77)18-19-61(92)78-22-27-108-30-29-107-26-10-11-50(89)16-17-54(71(98)99)83-73(101)84-63(110-41-88)20-21-64(94)95)69(96)79-45(5)58(90)32-46-12-14-47(15-13-46)39-109-74(102)85(6)23-24-86(25-28-104-7)75(103)112-60-36-57-65(52-34-56(72(100)106-9)82-67(52)60)49(37-76)38-87(57)70(97)55-33-48-31-43(3)44(4)68(105-8)66(48)81-55/h12-15,31,33-34,36,41-42,45,49,51,53-54,63,81-82H,10-11,16-30,32,35,37-40,77H2,1-9H3,(H,78,92)(H,79,96)(H,80,93)(H,94,95)(H,98,99)(H2,83,84,101)/t45-,49+,51-,53?,54-,63+/m0/s1. The molecule has 0 saturated heterocycles. The average Bonchev–Trinajstić information content (AvgIpc) is 1.58. The highest BCUT2D eigenvalue weighted by Crippen LogP contribution is 2.47. The van der Waals surface area contributed by atoms with Crippen LogP contribution < -0.4 is 46.9 Å². The summed E-state index contributed by atoms with van der Waals surface area (Å²) in [5, 5.41) is 31.8. The van der Waals surface area contributed by atoms with Gasteiger partial charge in [-0.1, -0.05) is 38.1 Å². The Morgan fingerprint density at radius 1 is 0.741 bits per heavy atom. The quantitative estimate of drug-likeness (QED) is 0.00457.